The number of benzene rings is 2. The zero-order valence-electron chi connectivity index (χ0n) is 16.4. The Morgan fingerprint density at radius 3 is 2.55 bits per heavy atom. The SMILES string of the molecule is COc1ccc(OCc2nnc(SCC(=O)Nc3ccccc3SC)n2C)cc1. The van der Waals surface area contributed by atoms with Crippen LogP contribution in [-0.2, 0) is 18.4 Å². The zero-order chi connectivity index (χ0) is 20.6. The van der Waals surface area contributed by atoms with Crippen molar-refractivity contribution in [3.63, 3.8) is 0 Å². The summed E-state index contributed by atoms with van der Waals surface area (Å²) in [6.07, 6.45) is 1.98. The van der Waals surface area contributed by atoms with E-state index in [0.717, 1.165) is 22.1 Å². The highest BCUT2D eigenvalue weighted by molar-refractivity contribution is 7.99. The molecule has 3 aromatic rings. The molecule has 0 saturated carbocycles. The third kappa shape index (κ3) is 5.68. The predicted molar refractivity (Wildman–Crippen MR) is 116 cm³/mol. The van der Waals surface area contributed by atoms with Gasteiger partial charge in [0.05, 0.1) is 18.6 Å². The molecule has 0 aliphatic carbocycles. The van der Waals surface area contributed by atoms with E-state index in [9.17, 15) is 4.79 Å². The fourth-order valence-corrected chi connectivity index (χ4v) is 3.76. The van der Waals surface area contributed by atoms with Gasteiger partial charge < -0.3 is 19.4 Å². The number of carbonyl (C=O) groups excluding carboxylic acids is 1. The molecule has 2 aromatic carbocycles. The molecule has 3 rings (SSSR count). The lowest BCUT2D eigenvalue weighted by Gasteiger charge is -2.09. The lowest BCUT2D eigenvalue weighted by Crippen LogP contribution is -2.15. The van der Waals surface area contributed by atoms with Crippen LogP contribution in [0.5, 0.6) is 11.5 Å². The topological polar surface area (TPSA) is 78.3 Å². The predicted octanol–water partition coefficient (Wildman–Crippen LogP) is 3.86. The van der Waals surface area contributed by atoms with Crippen LogP contribution in [0, 0.1) is 0 Å². The van der Waals surface area contributed by atoms with E-state index in [1.54, 1.807) is 18.9 Å². The van der Waals surface area contributed by atoms with Gasteiger partial charge in [-0.15, -0.1) is 22.0 Å². The number of nitrogens with one attached hydrogen (secondary N) is 1. The maximum Gasteiger partial charge on any atom is 0.234 e. The number of ether oxygens (including phenoxy) is 2. The number of amides is 1. The molecular weight excluding hydrogens is 408 g/mol. The molecule has 0 fully saturated rings. The van der Waals surface area contributed by atoms with Gasteiger partial charge in [0.2, 0.25) is 5.91 Å². The molecule has 152 valence electrons. The van der Waals surface area contributed by atoms with Crippen molar-refractivity contribution in [2.24, 2.45) is 7.05 Å². The molecule has 0 radical (unpaired) electrons. The fourth-order valence-electron chi connectivity index (χ4n) is 2.48. The third-order valence-electron chi connectivity index (χ3n) is 4.07. The van der Waals surface area contributed by atoms with Crippen LogP contribution in [0.1, 0.15) is 5.82 Å². The second kappa shape index (κ2) is 10.2. The molecule has 29 heavy (non-hydrogen) atoms. The Balaban J connectivity index is 1.53. The molecule has 0 aliphatic rings. The molecule has 7 nitrogen and oxygen atoms in total. The molecule has 1 amide bonds. The zero-order valence-corrected chi connectivity index (χ0v) is 18.0. The van der Waals surface area contributed by atoms with Gasteiger partial charge in [0.1, 0.15) is 18.1 Å². The molecule has 0 aliphatic heterocycles. The Bertz CT molecular complexity index is 961. The van der Waals surface area contributed by atoms with Gasteiger partial charge in [0.25, 0.3) is 0 Å². The molecular formula is C20H22N4O3S2. The Kier molecular flexibility index (Phi) is 7.42. The number of carbonyl (C=O) groups is 1. The Labute approximate surface area is 178 Å². The maximum absolute atomic E-state index is 12.3. The van der Waals surface area contributed by atoms with Crippen LogP contribution in [0.2, 0.25) is 0 Å². The quantitative estimate of drug-likeness (QED) is 0.517. The van der Waals surface area contributed by atoms with Gasteiger partial charge in [-0.1, -0.05) is 23.9 Å². The van der Waals surface area contributed by atoms with E-state index < -0.39 is 0 Å². The van der Waals surface area contributed by atoms with Gasteiger partial charge >= 0.3 is 0 Å². The first-order valence-electron chi connectivity index (χ1n) is 8.81. The Morgan fingerprint density at radius 1 is 1.10 bits per heavy atom. The minimum atomic E-state index is -0.0875. The summed E-state index contributed by atoms with van der Waals surface area (Å²) in [7, 11) is 3.48. The largest absolute Gasteiger partial charge is 0.497 e. The maximum atomic E-state index is 12.3. The number of methoxy groups -OCH3 is 1. The third-order valence-corrected chi connectivity index (χ3v) is 5.88. The Hall–Kier alpha value is -2.65. The molecule has 1 aromatic heterocycles. The number of hydrogen-bond acceptors (Lipinski definition) is 7. The van der Waals surface area contributed by atoms with Gasteiger partial charge in [-0.3, -0.25) is 4.79 Å². The molecule has 0 saturated heterocycles. The summed E-state index contributed by atoms with van der Waals surface area (Å²) in [6, 6.07) is 15.1. The highest BCUT2D eigenvalue weighted by Crippen LogP contribution is 2.25. The van der Waals surface area contributed by atoms with Gasteiger partial charge in [-0.05, 0) is 42.7 Å². The van der Waals surface area contributed by atoms with Gasteiger partial charge in [-0.2, -0.15) is 0 Å². The monoisotopic (exact) mass is 430 g/mol. The van der Waals surface area contributed by atoms with Crippen molar-refractivity contribution < 1.29 is 14.3 Å². The summed E-state index contributed by atoms with van der Waals surface area (Å²) in [4.78, 5) is 13.3. The molecule has 0 unspecified atom stereocenters. The van der Waals surface area contributed by atoms with Gasteiger partial charge in [-0.25, -0.2) is 0 Å². The van der Waals surface area contributed by atoms with Crippen molar-refractivity contribution >= 4 is 35.1 Å². The summed E-state index contributed by atoms with van der Waals surface area (Å²) in [6.45, 7) is 0.281. The van der Waals surface area contributed by atoms with Crippen LogP contribution in [0.3, 0.4) is 0 Å². The summed E-state index contributed by atoms with van der Waals surface area (Å²) in [5.41, 5.74) is 0.817. The van der Waals surface area contributed by atoms with E-state index in [0.29, 0.717) is 11.0 Å². The van der Waals surface area contributed by atoms with E-state index >= 15 is 0 Å². The number of thioether (sulfide) groups is 2. The number of hydrogen-bond donors (Lipinski definition) is 1. The average molecular weight is 431 g/mol. The standard InChI is InChI=1S/C20H22N4O3S2/c1-24-18(12-27-15-10-8-14(26-2)9-11-15)22-23-20(24)29-13-19(25)21-16-6-4-5-7-17(16)28-3/h4-11H,12-13H2,1-3H3,(H,21,25). The first-order chi connectivity index (χ1) is 14.1. The van der Waals surface area contributed by atoms with Crippen molar-refractivity contribution in [1.29, 1.82) is 0 Å². The van der Waals surface area contributed by atoms with Crippen molar-refractivity contribution in [2.45, 2.75) is 16.7 Å². The Morgan fingerprint density at radius 2 is 1.83 bits per heavy atom. The van der Waals surface area contributed by atoms with Gasteiger partial charge in [0, 0.05) is 11.9 Å². The molecule has 1 N–H and O–H groups in total. The summed E-state index contributed by atoms with van der Waals surface area (Å²) in [5, 5.41) is 11.9. The van der Waals surface area contributed by atoms with Crippen LogP contribution in [0.25, 0.3) is 0 Å². The average Bonchev–Trinajstić information content (AvgIpc) is 3.11. The number of anilines is 1. The molecule has 0 spiro atoms. The number of rotatable bonds is 9. The van der Waals surface area contributed by atoms with E-state index in [-0.39, 0.29) is 18.3 Å². The van der Waals surface area contributed by atoms with Gasteiger partial charge in [0.15, 0.2) is 11.0 Å². The minimum absolute atomic E-state index is 0.0875. The lowest BCUT2D eigenvalue weighted by molar-refractivity contribution is -0.113. The molecule has 0 atom stereocenters. The van der Waals surface area contributed by atoms with Crippen molar-refractivity contribution in [2.75, 3.05) is 24.4 Å². The first kappa shape index (κ1) is 21.1. The van der Waals surface area contributed by atoms with E-state index in [4.69, 9.17) is 9.47 Å². The number of aromatic nitrogens is 3. The van der Waals surface area contributed by atoms with E-state index in [1.807, 2.05) is 66.4 Å². The van der Waals surface area contributed by atoms with E-state index in [2.05, 4.69) is 15.5 Å². The van der Waals surface area contributed by atoms with Crippen LogP contribution in [0.4, 0.5) is 5.69 Å². The van der Waals surface area contributed by atoms with Crippen molar-refractivity contribution in [1.82, 2.24) is 14.8 Å². The normalized spacial score (nSPS) is 10.6. The fraction of sp³-hybridized carbons (Fsp3) is 0.250. The summed E-state index contributed by atoms with van der Waals surface area (Å²) >= 11 is 2.93. The number of nitrogens with zero attached hydrogens (tertiary/aromatic N) is 3. The first-order valence-corrected chi connectivity index (χ1v) is 11.0. The molecule has 9 heteroatoms. The lowest BCUT2D eigenvalue weighted by atomic mass is 10.3. The van der Waals surface area contributed by atoms with E-state index in [1.165, 1.54) is 11.8 Å². The molecule has 0 bridgehead atoms. The second-order valence-corrected chi connectivity index (χ2v) is 7.75. The smallest absolute Gasteiger partial charge is 0.234 e. The van der Waals surface area contributed by atoms with Crippen molar-refractivity contribution in [3.8, 4) is 11.5 Å². The highest BCUT2D eigenvalue weighted by atomic mass is 32.2. The second-order valence-electron chi connectivity index (χ2n) is 5.96. The summed E-state index contributed by atoms with van der Waals surface area (Å²) in [5.74, 6) is 2.32. The highest BCUT2D eigenvalue weighted by Gasteiger charge is 2.13. The van der Waals surface area contributed by atoms with Crippen LogP contribution >= 0.6 is 23.5 Å². The number of para-hydroxylation sites is 1. The minimum Gasteiger partial charge on any atom is -0.497 e. The van der Waals surface area contributed by atoms with Crippen LogP contribution in [0.15, 0.2) is 58.6 Å². The summed E-state index contributed by atoms with van der Waals surface area (Å²) < 4.78 is 12.7. The van der Waals surface area contributed by atoms with Crippen LogP contribution < -0.4 is 14.8 Å². The molecule has 1 heterocycles. The van der Waals surface area contributed by atoms with Crippen LogP contribution in [-0.4, -0.2) is 39.8 Å². The van der Waals surface area contributed by atoms with Crippen molar-refractivity contribution in [3.05, 3.63) is 54.4 Å².